The van der Waals surface area contributed by atoms with Crippen LogP contribution in [0.25, 0.3) is 0 Å². The molecule has 4 aromatic carbocycles. The van der Waals surface area contributed by atoms with E-state index in [1.807, 2.05) is 42.4 Å². The van der Waals surface area contributed by atoms with Crippen LogP contribution >= 0.6 is 7.92 Å². The summed E-state index contributed by atoms with van der Waals surface area (Å²) in [6, 6.07) is 43.4. The summed E-state index contributed by atoms with van der Waals surface area (Å²) in [6.07, 6.45) is 5.83. The number of anilines is 1. The molecule has 0 bridgehead atoms. The fourth-order valence-corrected chi connectivity index (χ4v) is 7.89. The van der Waals surface area contributed by atoms with Gasteiger partial charge in [0.2, 0.25) is 5.88 Å². The first-order valence-corrected chi connectivity index (χ1v) is 14.2. The maximum Gasteiger partial charge on any atom is 0.216 e. The number of aromatic nitrogens is 1. The molecule has 0 fully saturated rings. The van der Waals surface area contributed by atoms with Crippen molar-refractivity contribution in [3.05, 3.63) is 141 Å². The Hall–Kier alpha value is -3.65. The zero-order valence-corrected chi connectivity index (χ0v) is 24.9. The van der Waals surface area contributed by atoms with Crippen LogP contribution in [0, 0.1) is 18.8 Å². The third-order valence-electron chi connectivity index (χ3n) is 6.97. The molecule has 40 heavy (non-hydrogen) atoms. The second kappa shape index (κ2) is 11.5. The van der Waals surface area contributed by atoms with Gasteiger partial charge in [-0.2, -0.15) is 47.9 Å². The predicted molar refractivity (Wildman–Crippen MR) is 162 cm³/mol. The molecule has 0 radical (unpaired) electrons. The van der Waals surface area contributed by atoms with Gasteiger partial charge in [-0.15, -0.1) is 23.1 Å². The summed E-state index contributed by atoms with van der Waals surface area (Å²) in [5, 5.41) is 3.98. The van der Waals surface area contributed by atoms with Gasteiger partial charge < -0.3 is 14.5 Å². The van der Waals surface area contributed by atoms with Gasteiger partial charge in [0.15, 0.2) is 6.71 Å². The molecule has 0 spiro atoms. The molecular weight excluding hydrogens is 691 g/mol. The molecule has 7 rings (SSSR count). The van der Waals surface area contributed by atoms with E-state index in [1.165, 1.54) is 21.4 Å². The molecule has 5 aromatic rings. The summed E-state index contributed by atoms with van der Waals surface area (Å²) in [6.45, 7) is 2.02. The molecule has 3 heterocycles. The van der Waals surface area contributed by atoms with E-state index in [2.05, 4.69) is 114 Å². The summed E-state index contributed by atoms with van der Waals surface area (Å²) < 4.78 is 6.18. The summed E-state index contributed by atoms with van der Waals surface area (Å²) in [7, 11) is 1.27. The van der Waals surface area contributed by atoms with Gasteiger partial charge >= 0.3 is 0 Å². The van der Waals surface area contributed by atoms with E-state index in [0.29, 0.717) is 11.6 Å². The molecule has 0 saturated carbocycles. The first-order chi connectivity index (χ1) is 19.2. The molecule has 4 nitrogen and oxygen atoms in total. The van der Waals surface area contributed by atoms with Gasteiger partial charge in [-0.25, -0.2) is 4.98 Å². The van der Waals surface area contributed by atoms with E-state index in [-0.39, 0.29) is 27.8 Å². The first-order valence-electron chi connectivity index (χ1n) is 12.9. The Morgan fingerprint density at radius 1 is 0.800 bits per heavy atom. The number of rotatable bonds is 5. The number of pyridine rings is 1. The molecule has 0 N–H and O–H groups in total. The van der Waals surface area contributed by atoms with Crippen molar-refractivity contribution in [1.29, 1.82) is 0 Å². The average Bonchev–Trinajstić information content (AvgIpc) is 3.43. The minimum Gasteiger partial charge on any atom is -0.510 e. The van der Waals surface area contributed by atoms with E-state index in [1.54, 1.807) is 6.20 Å². The Kier molecular flexibility index (Phi) is 7.61. The van der Waals surface area contributed by atoms with Gasteiger partial charge in [-0.05, 0) is 36.1 Å². The van der Waals surface area contributed by atoms with Crippen LogP contribution in [0.2, 0.25) is 0 Å². The van der Waals surface area contributed by atoms with Crippen LogP contribution in [0.3, 0.4) is 0 Å². The molecule has 0 amide bonds. The van der Waals surface area contributed by atoms with Gasteiger partial charge in [0.1, 0.15) is 0 Å². The monoisotopic (exact) mass is 715 g/mol. The van der Waals surface area contributed by atoms with E-state index >= 15 is 0 Å². The van der Waals surface area contributed by atoms with E-state index in [0.717, 1.165) is 16.6 Å². The Labute approximate surface area is 251 Å². The van der Waals surface area contributed by atoms with Crippen LogP contribution in [0.1, 0.15) is 0 Å². The number of fused-ring (bicyclic) bond motifs is 2. The number of hydrogen-bond acceptors (Lipinski definition) is 4. The number of hydrogen-bond donors (Lipinski definition) is 0. The van der Waals surface area contributed by atoms with Crippen molar-refractivity contribution in [3.8, 4) is 11.6 Å². The molecule has 1 unspecified atom stereocenters. The molecule has 1 aromatic heterocycles. The number of nitrogens with zero attached hydrogens (tertiary/aromatic N) is 3. The van der Waals surface area contributed by atoms with Gasteiger partial charge in [0.05, 0.1) is 0 Å². The van der Waals surface area contributed by atoms with Crippen molar-refractivity contribution in [1.82, 2.24) is 9.88 Å². The van der Waals surface area contributed by atoms with Gasteiger partial charge in [-0.3, -0.25) is 0 Å². The first kappa shape index (κ1) is 26.6. The molecule has 7 heteroatoms. The van der Waals surface area contributed by atoms with Crippen molar-refractivity contribution in [2.45, 2.75) is 0 Å². The molecule has 1 atom stereocenters. The Balaban J connectivity index is 0.00000289. The molecule has 2 aliphatic rings. The van der Waals surface area contributed by atoms with Gasteiger partial charge in [0.25, 0.3) is 0 Å². The maximum atomic E-state index is 6.18. The molecule has 0 aliphatic carbocycles. The van der Waals surface area contributed by atoms with E-state index in [4.69, 9.17) is 4.74 Å². The average molecular weight is 715 g/mol. The van der Waals surface area contributed by atoms with Crippen molar-refractivity contribution < 1.29 is 25.8 Å². The predicted octanol–water partition coefficient (Wildman–Crippen LogP) is 3.40. The molecule has 0 saturated heterocycles. The van der Waals surface area contributed by atoms with Crippen LogP contribution in [0.15, 0.2) is 122 Å². The van der Waals surface area contributed by atoms with Gasteiger partial charge in [-0.1, -0.05) is 74.0 Å². The minimum atomic E-state index is -0.760. The Morgan fingerprint density at radius 2 is 1.62 bits per heavy atom. The zero-order valence-electron chi connectivity index (χ0n) is 21.7. The second-order valence-corrected chi connectivity index (χ2v) is 11.7. The fraction of sp³-hybridized carbons (Fsp3) is 0.0303. The van der Waals surface area contributed by atoms with Crippen LogP contribution in [-0.4, -0.2) is 23.6 Å². The standard InChI is InChI=1S/C33H24BN3OP.Pt/c1-36-20-21-37(24-36)26-11-9-10-25(22-26)34-29-14-5-6-15-31(29)39(28-12-3-2-4-13-28)32-18-17-27(23-30(32)34)38-33-16-7-8-19-35-33;/h2-21,24H,1H3;/q-3;. The quantitative estimate of drug-likeness (QED) is 0.156. The topological polar surface area (TPSA) is 28.6 Å². The fourth-order valence-electron chi connectivity index (χ4n) is 5.26. The summed E-state index contributed by atoms with van der Waals surface area (Å²) >= 11 is 0. The van der Waals surface area contributed by atoms with Crippen LogP contribution < -0.4 is 41.9 Å². The summed E-state index contributed by atoms with van der Waals surface area (Å²) in [4.78, 5) is 8.49. The summed E-state index contributed by atoms with van der Waals surface area (Å²) in [5.74, 6) is 1.22. The largest absolute Gasteiger partial charge is 0.510 e. The SMILES string of the molecule is CN1C=CN(c2[c-]c(B3c4[c-]c(Oc5ccccn5)ccc4P(c4ccccc4)c4ccccc43)ccc2)[CH-]1.[Pt]. The van der Waals surface area contributed by atoms with Gasteiger partial charge in [0, 0.05) is 39.1 Å². The van der Waals surface area contributed by atoms with Crippen molar-refractivity contribution in [3.63, 3.8) is 0 Å². The Morgan fingerprint density at radius 3 is 2.42 bits per heavy atom. The third kappa shape index (κ3) is 5.01. The normalized spacial score (nSPS) is 15.3. The zero-order chi connectivity index (χ0) is 26.2. The van der Waals surface area contributed by atoms with Crippen LogP contribution in [-0.2, 0) is 21.1 Å². The van der Waals surface area contributed by atoms with E-state index in [9.17, 15) is 0 Å². The smallest absolute Gasteiger partial charge is 0.216 e. The number of benzene rings is 4. The summed E-state index contributed by atoms with van der Waals surface area (Å²) in [5.41, 5.74) is 4.52. The number of ether oxygens (including phenoxy) is 1. The third-order valence-corrected chi connectivity index (χ3v) is 9.55. The van der Waals surface area contributed by atoms with E-state index < -0.39 is 7.92 Å². The minimum absolute atomic E-state index is 0. The molecular formula is C33H24BN3OPPt-3. The van der Waals surface area contributed by atoms with Crippen LogP contribution in [0.5, 0.6) is 11.6 Å². The molecule has 2 aliphatic heterocycles. The van der Waals surface area contributed by atoms with Crippen molar-refractivity contribution >= 4 is 52.6 Å². The maximum absolute atomic E-state index is 6.18. The van der Waals surface area contributed by atoms with Crippen LogP contribution in [0.4, 0.5) is 5.69 Å². The Bertz CT molecular complexity index is 1670. The van der Waals surface area contributed by atoms with Crippen molar-refractivity contribution in [2.75, 3.05) is 11.9 Å². The second-order valence-electron chi connectivity index (χ2n) is 9.53. The molecule has 198 valence electrons. The van der Waals surface area contributed by atoms with Crippen molar-refractivity contribution in [2.24, 2.45) is 0 Å².